The third-order valence-electron chi connectivity index (χ3n) is 3.86. The van der Waals surface area contributed by atoms with Gasteiger partial charge in [-0.15, -0.1) is 0 Å². The third kappa shape index (κ3) is 3.47. The molecule has 1 aliphatic heterocycles. The summed E-state index contributed by atoms with van der Waals surface area (Å²) in [6.07, 6.45) is 0. The molecule has 5 nitrogen and oxygen atoms in total. The Morgan fingerprint density at radius 2 is 2.14 bits per heavy atom. The molecule has 22 heavy (non-hydrogen) atoms. The average molecular weight is 327 g/mol. The van der Waals surface area contributed by atoms with Crippen molar-refractivity contribution in [3.8, 4) is 11.5 Å². The van der Waals surface area contributed by atoms with Crippen LogP contribution in [0.15, 0.2) is 12.1 Å². The molecule has 2 rings (SSSR count). The van der Waals surface area contributed by atoms with E-state index in [-0.39, 0.29) is 11.9 Å². The van der Waals surface area contributed by atoms with Crippen LogP contribution in [0.1, 0.15) is 24.2 Å². The summed E-state index contributed by atoms with van der Waals surface area (Å²) >= 11 is 6.25. The number of methoxy groups -OCH3 is 1. The van der Waals surface area contributed by atoms with E-state index < -0.39 is 0 Å². The lowest BCUT2D eigenvalue weighted by Gasteiger charge is -2.38. The molecule has 1 amide bonds. The van der Waals surface area contributed by atoms with E-state index in [2.05, 4.69) is 18.9 Å². The van der Waals surface area contributed by atoms with Crippen molar-refractivity contribution in [2.24, 2.45) is 0 Å². The molecule has 1 aromatic carbocycles. The summed E-state index contributed by atoms with van der Waals surface area (Å²) in [5, 5.41) is 0.395. The number of amides is 1. The SMILES string of the molecule is CCOc1c(Cl)cc(C(=O)N2CCN(C)CC2C)cc1OC. The maximum absolute atomic E-state index is 12.8. The number of carbonyl (C=O) groups is 1. The highest BCUT2D eigenvalue weighted by Crippen LogP contribution is 2.36. The minimum absolute atomic E-state index is 0.0242. The Kier molecular flexibility index (Phi) is 5.53. The van der Waals surface area contributed by atoms with Crippen LogP contribution in [0.5, 0.6) is 11.5 Å². The van der Waals surface area contributed by atoms with Crippen molar-refractivity contribution in [3.63, 3.8) is 0 Å². The topological polar surface area (TPSA) is 42.0 Å². The van der Waals surface area contributed by atoms with Gasteiger partial charge in [-0.25, -0.2) is 0 Å². The Morgan fingerprint density at radius 3 is 2.73 bits per heavy atom. The van der Waals surface area contributed by atoms with Gasteiger partial charge in [0.15, 0.2) is 11.5 Å². The van der Waals surface area contributed by atoms with E-state index in [1.54, 1.807) is 19.2 Å². The fourth-order valence-corrected chi connectivity index (χ4v) is 3.00. The molecule has 0 N–H and O–H groups in total. The molecule has 1 aromatic rings. The van der Waals surface area contributed by atoms with Crippen molar-refractivity contribution in [2.75, 3.05) is 40.4 Å². The van der Waals surface area contributed by atoms with Crippen molar-refractivity contribution in [1.29, 1.82) is 0 Å². The number of hydrogen-bond acceptors (Lipinski definition) is 4. The first-order valence-corrected chi connectivity index (χ1v) is 7.85. The second kappa shape index (κ2) is 7.20. The molecule has 1 unspecified atom stereocenters. The predicted octanol–water partition coefficient (Wildman–Crippen LogP) is 2.52. The van der Waals surface area contributed by atoms with Gasteiger partial charge >= 0.3 is 0 Å². The van der Waals surface area contributed by atoms with Gasteiger partial charge in [-0.1, -0.05) is 11.6 Å². The number of hydrogen-bond donors (Lipinski definition) is 0. The Bertz CT molecular complexity index is 550. The first kappa shape index (κ1) is 16.9. The lowest BCUT2D eigenvalue weighted by molar-refractivity contribution is 0.0533. The van der Waals surface area contributed by atoms with Gasteiger partial charge in [-0.2, -0.15) is 0 Å². The maximum atomic E-state index is 12.8. The van der Waals surface area contributed by atoms with Crippen LogP contribution in [0.25, 0.3) is 0 Å². The lowest BCUT2D eigenvalue weighted by Crippen LogP contribution is -2.52. The van der Waals surface area contributed by atoms with E-state index in [1.165, 1.54) is 0 Å². The van der Waals surface area contributed by atoms with E-state index in [9.17, 15) is 4.79 Å². The number of nitrogens with zero attached hydrogens (tertiary/aromatic N) is 2. The molecule has 1 aliphatic rings. The van der Waals surface area contributed by atoms with Crippen molar-refractivity contribution in [2.45, 2.75) is 19.9 Å². The van der Waals surface area contributed by atoms with Crippen molar-refractivity contribution >= 4 is 17.5 Å². The number of likely N-dealkylation sites (N-methyl/N-ethyl adjacent to an activating group) is 1. The number of carbonyl (C=O) groups excluding carboxylic acids is 1. The fraction of sp³-hybridized carbons (Fsp3) is 0.562. The van der Waals surface area contributed by atoms with Gasteiger partial charge in [-0.05, 0) is 33.0 Å². The number of piperazine rings is 1. The van der Waals surface area contributed by atoms with Crippen LogP contribution in [-0.4, -0.2) is 62.1 Å². The zero-order chi connectivity index (χ0) is 16.3. The largest absolute Gasteiger partial charge is 0.493 e. The third-order valence-corrected chi connectivity index (χ3v) is 4.14. The Hall–Kier alpha value is -1.46. The van der Waals surface area contributed by atoms with Crippen LogP contribution in [0, 0.1) is 0 Å². The lowest BCUT2D eigenvalue weighted by atomic mass is 10.1. The van der Waals surface area contributed by atoms with Crippen LogP contribution in [0.2, 0.25) is 5.02 Å². The smallest absolute Gasteiger partial charge is 0.254 e. The zero-order valence-electron chi connectivity index (χ0n) is 13.6. The van der Waals surface area contributed by atoms with Gasteiger partial charge < -0.3 is 19.3 Å². The summed E-state index contributed by atoms with van der Waals surface area (Å²) in [6.45, 7) is 6.87. The molecule has 122 valence electrons. The standard InChI is InChI=1S/C16H23ClN2O3/c1-5-22-15-13(17)8-12(9-14(15)21-4)16(20)19-7-6-18(3)10-11(19)2/h8-9,11H,5-7,10H2,1-4H3. The molecule has 1 fully saturated rings. The van der Waals surface area contributed by atoms with Crippen LogP contribution < -0.4 is 9.47 Å². The maximum Gasteiger partial charge on any atom is 0.254 e. The van der Waals surface area contributed by atoms with Crippen LogP contribution in [0.4, 0.5) is 0 Å². The molecule has 0 aromatic heterocycles. The minimum atomic E-state index is -0.0242. The second-order valence-electron chi connectivity index (χ2n) is 5.53. The van der Waals surface area contributed by atoms with Crippen molar-refractivity contribution in [3.05, 3.63) is 22.7 Å². The molecular formula is C16H23ClN2O3. The van der Waals surface area contributed by atoms with E-state index in [0.717, 1.165) is 13.1 Å². The first-order chi connectivity index (χ1) is 10.5. The molecule has 1 atom stereocenters. The van der Waals surface area contributed by atoms with Gasteiger partial charge in [0.25, 0.3) is 5.91 Å². The normalized spacial score (nSPS) is 19.1. The summed E-state index contributed by atoms with van der Waals surface area (Å²) in [5.74, 6) is 0.943. The molecule has 0 radical (unpaired) electrons. The Labute approximate surface area is 136 Å². The van der Waals surface area contributed by atoms with Gasteiger partial charge in [0.05, 0.1) is 18.7 Å². The van der Waals surface area contributed by atoms with Gasteiger partial charge in [0.1, 0.15) is 0 Å². The Balaban J connectivity index is 2.28. The molecule has 0 spiro atoms. The van der Waals surface area contributed by atoms with Gasteiger partial charge in [0.2, 0.25) is 0 Å². The zero-order valence-corrected chi connectivity index (χ0v) is 14.3. The summed E-state index contributed by atoms with van der Waals surface area (Å²) in [6, 6.07) is 3.52. The fourth-order valence-electron chi connectivity index (χ4n) is 2.73. The summed E-state index contributed by atoms with van der Waals surface area (Å²) in [5.41, 5.74) is 0.529. The predicted molar refractivity (Wildman–Crippen MR) is 87.2 cm³/mol. The average Bonchev–Trinajstić information content (AvgIpc) is 2.48. The van der Waals surface area contributed by atoms with E-state index >= 15 is 0 Å². The highest BCUT2D eigenvalue weighted by Gasteiger charge is 2.27. The summed E-state index contributed by atoms with van der Waals surface area (Å²) in [4.78, 5) is 16.9. The summed E-state index contributed by atoms with van der Waals surface area (Å²) < 4.78 is 10.8. The van der Waals surface area contributed by atoms with Crippen LogP contribution >= 0.6 is 11.6 Å². The molecule has 1 heterocycles. The molecular weight excluding hydrogens is 304 g/mol. The molecule has 0 saturated carbocycles. The van der Waals surface area contributed by atoms with Gasteiger partial charge in [-0.3, -0.25) is 4.79 Å². The van der Waals surface area contributed by atoms with Gasteiger partial charge in [0, 0.05) is 31.2 Å². The van der Waals surface area contributed by atoms with E-state index in [0.29, 0.717) is 35.2 Å². The van der Waals surface area contributed by atoms with Crippen LogP contribution in [-0.2, 0) is 0 Å². The Morgan fingerprint density at radius 1 is 1.41 bits per heavy atom. The highest BCUT2D eigenvalue weighted by molar-refractivity contribution is 6.32. The monoisotopic (exact) mass is 326 g/mol. The number of rotatable bonds is 4. The molecule has 0 bridgehead atoms. The van der Waals surface area contributed by atoms with Crippen molar-refractivity contribution < 1.29 is 14.3 Å². The quantitative estimate of drug-likeness (QED) is 0.852. The minimum Gasteiger partial charge on any atom is -0.493 e. The number of benzene rings is 1. The first-order valence-electron chi connectivity index (χ1n) is 7.47. The second-order valence-corrected chi connectivity index (χ2v) is 5.94. The van der Waals surface area contributed by atoms with E-state index in [4.69, 9.17) is 21.1 Å². The highest BCUT2D eigenvalue weighted by atomic mass is 35.5. The van der Waals surface area contributed by atoms with Crippen molar-refractivity contribution in [1.82, 2.24) is 9.80 Å². The number of ether oxygens (including phenoxy) is 2. The molecule has 0 aliphatic carbocycles. The number of halogens is 1. The van der Waals surface area contributed by atoms with E-state index in [1.807, 2.05) is 11.8 Å². The summed E-state index contributed by atoms with van der Waals surface area (Å²) in [7, 11) is 3.61. The molecule has 6 heteroatoms. The molecule has 1 saturated heterocycles. The van der Waals surface area contributed by atoms with Crippen LogP contribution in [0.3, 0.4) is 0 Å².